The average Bonchev–Trinajstić information content (AvgIpc) is 2.46. The van der Waals surface area contributed by atoms with Gasteiger partial charge >= 0.3 is 0 Å². The van der Waals surface area contributed by atoms with Gasteiger partial charge in [-0.1, -0.05) is 36.4 Å². The molecule has 0 unspecified atom stereocenters. The summed E-state index contributed by atoms with van der Waals surface area (Å²) in [4.78, 5) is 10.4. The second kappa shape index (κ2) is 6.71. The van der Waals surface area contributed by atoms with Crippen molar-refractivity contribution in [1.82, 2.24) is 0 Å². The van der Waals surface area contributed by atoms with Gasteiger partial charge in [-0.05, 0) is 35.2 Å². The lowest BCUT2D eigenvalue weighted by Crippen LogP contribution is -1.94. The molecule has 0 spiro atoms. The Hall–Kier alpha value is -2.13. The highest BCUT2D eigenvalue weighted by molar-refractivity contribution is 5.65. The minimum absolute atomic E-state index is 0.319. The second-order valence-corrected chi connectivity index (χ2v) is 4.20. The number of aliphatic hydroxyl groups is 1. The van der Waals surface area contributed by atoms with Gasteiger partial charge in [0.05, 0.1) is 0 Å². The Labute approximate surface area is 112 Å². The molecule has 0 bridgehead atoms. The van der Waals surface area contributed by atoms with E-state index in [4.69, 9.17) is 9.84 Å². The molecule has 19 heavy (non-hydrogen) atoms. The van der Waals surface area contributed by atoms with Crippen LogP contribution in [0.3, 0.4) is 0 Å². The summed E-state index contributed by atoms with van der Waals surface area (Å²) >= 11 is 0. The van der Waals surface area contributed by atoms with E-state index in [0.717, 1.165) is 29.4 Å². The first-order valence-electron chi connectivity index (χ1n) is 6.20. The van der Waals surface area contributed by atoms with Gasteiger partial charge in [0.1, 0.15) is 12.0 Å². The Morgan fingerprint density at radius 3 is 2.53 bits per heavy atom. The molecule has 0 heterocycles. The van der Waals surface area contributed by atoms with Crippen LogP contribution in [0.15, 0.2) is 48.5 Å². The zero-order chi connectivity index (χ0) is 13.5. The van der Waals surface area contributed by atoms with Crippen molar-refractivity contribution in [2.75, 3.05) is 6.79 Å². The molecule has 0 saturated heterocycles. The highest BCUT2D eigenvalue weighted by Crippen LogP contribution is 2.23. The number of benzene rings is 2. The van der Waals surface area contributed by atoms with Crippen molar-refractivity contribution in [3.63, 3.8) is 0 Å². The number of rotatable bonds is 6. The Balaban J connectivity index is 2.18. The maximum atomic E-state index is 10.4. The predicted octanol–water partition coefficient (Wildman–Crippen LogP) is 2.81. The van der Waals surface area contributed by atoms with Crippen molar-refractivity contribution in [2.24, 2.45) is 0 Å². The van der Waals surface area contributed by atoms with Crippen LogP contribution < -0.4 is 4.74 Å². The van der Waals surface area contributed by atoms with Gasteiger partial charge in [-0.15, -0.1) is 0 Å². The standard InChI is InChI=1S/C16H16O3/c17-10-2-4-13-3-1-5-15(11-13)14-6-8-16(9-7-14)19-12-18/h1,3,5-11,18H,2,4,12H2. The molecule has 2 rings (SSSR count). The van der Waals surface area contributed by atoms with E-state index in [1.54, 1.807) is 0 Å². The Bertz CT molecular complexity index is 532. The summed E-state index contributed by atoms with van der Waals surface area (Å²) in [5.74, 6) is 0.642. The van der Waals surface area contributed by atoms with E-state index in [2.05, 4.69) is 6.07 Å². The SMILES string of the molecule is O=CCCc1cccc(-c2ccc(OCO)cc2)c1. The first-order chi connectivity index (χ1) is 9.33. The topological polar surface area (TPSA) is 46.5 Å². The number of carbonyl (C=O) groups is 1. The minimum atomic E-state index is -0.319. The third-order valence-electron chi connectivity index (χ3n) is 2.90. The number of carbonyl (C=O) groups excluding carboxylic acids is 1. The molecule has 0 amide bonds. The largest absolute Gasteiger partial charge is 0.468 e. The van der Waals surface area contributed by atoms with Gasteiger partial charge in [0.2, 0.25) is 0 Å². The van der Waals surface area contributed by atoms with Crippen molar-refractivity contribution in [3.05, 3.63) is 54.1 Å². The summed E-state index contributed by atoms with van der Waals surface area (Å²) in [5.41, 5.74) is 3.34. The van der Waals surface area contributed by atoms with E-state index in [1.807, 2.05) is 42.5 Å². The fourth-order valence-electron chi connectivity index (χ4n) is 1.95. The summed E-state index contributed by atoms with van der Waals surface area (Å²) in [6.07, 6.45) is 2.25. The van der Waals surface area contributed by atoms with Gasteiger partial charge in [-0.2, -0.15) is 0 Å². The zero-order valence-corrected chi connectivity index (χ0v) is 10.6. The van der Waals surface area contributed by atoms with Crippen molar-refractivity contribution in [2.45, 2.75) is 12.8 Å². The molecule has 2 aromatic rings. The number of hydrogen-bond acceptors (Lipinski definition) is 3. The van der Waals surface area contributed by atoms with Crippen LogP contribution in [0.4, 0.5) is 0 Å². The first kappa shape index (κ1) is 13.3. The van der Waals surface area contributed by atoms with Crippen LogP contribution in [-0.2, 0) is 11.2 Å². The normalized spacial score (nSPS) is 10.2. The molecule has 0 aliphatic rings. The van der Waals surface area contributed by atoms with E-state index < -0.39 is 0 Å². The summed E-state index contributed by atoms with van der Waals surface area (Å²) in [6.45, 7) is -0.319. The molecule has 0 radical (unpaired) electrons. The summed E-state index contributed by atoms with van der Waals surface area (Å²) in [7, 11) is 0. The van der Waals surface area contributed by atoms with Gasteiger partial charge in [0.15, 0.2) is 6.79 Å². The molecule has 3 nitrogen and oxygen atoms in total. The van der Waals surface area contributed by atoms with E-state index in [1.165, 1.54) is 0 Å². The van der Waals surface area contributed by atoms with Crippen LogP contribution in [-0.4, -0.2) is 18.2 Å². The minimum Gasteiger partial charge on any atom is -0.468 e. The Morgan fingerprint density at radius 1 is 1.05 bits per heavy atom. The molecule has 98 valence electrons. The fourth-order valence-corrected chi connectivity index (χ4v) is 1.95. The van der Waals surface area contributed by atoms with Gasteiger partial charge in [0, 0.05) is 6.42 Å². The van der Waals surface area contributed by atoms with Gasteiger partial charge in [0.25, 0.3) is 0 Å². The molecule has 0 fully saturated rings. The summed E-state index contributed by atoms with van der Waals surface area (Å²) in [5, 5.41) is 8.67. The van der Waals surface area contributed by atoms with E-state index in [0.29, 0.717) is 12.2 Å². The van der Waals surface area contributed by atoms with E-state index >= 15 is 0 Å². The van der Waals surface area contributed by atoms with Crippen LogP contribution in [0.1, 0.15) is 12.0 Å². The van der Waals surface area contributed by atoms with Crippen molar-refractivity contribution in [3.8, 4) is 16.9 Å². The van der Waals surface area contributed by atoms with Crippen LogP contribution >= 0.6 is 0 Å². The molecule has 2 aromatic carbocycles. The van der Waals surface area contributed by atoms with E-state index in [9.17, 15) is 4.79 Å². The van der Waals surface area contributed by atoms with Crippen molar-refractivity contribution < 1.29 is 14.6 Å². The third kappa shape index (κ3) is 3.66. The molecular formula is C16H16O3. The van der Waals surface area contributed by atoms with Crippen LogP contribution in [0.25, 0.3) is 11.1 Å². The molecule has 0 aromatic heterocycles. The van der Waals surface area contributed by atoms with Gasteiger partial charge in [-0.25, -0.2) is 0 Å². The van der Waals surface area contributed by atoms with E-state index in [-0.39, 0.29) is 6.79 Å². The number of aryl methyl sites for hydroxylation is 1. The van der Waals surface area contributed by atoms with Crippen LogP contribution in [0, 0.1) is 0 Å². The second-order valence-electron chi connectivity index (χ2n) is 4.20. The predicted molar refractivity (Wildman–Crippen MR) is 74.0 cm³/mol. The van der Waals surface area contributed by atoms with Gasteiger partial charge < -0.3 is 14.6 Å². The van der Waals surface area contributed by atoms with Gasteiger partial charge in [-0.3, -0.25) is 0 Å². The third-order valence-corrected chi connectivity index (χ3v) is 2.90. The highest BCUT2D eigenvalue weighted by Gasteiger charge is 2.00. The maximum Gasteiger partial charge on any atom is 0.186 e. The smallest absolute Gasteiger partial charge is 0.186 e. The Morgan fingerprint density at radius 2 is 1.84 bits per heavy atom. The Kier molecular flexibility index (Phi) is 4.70. The summed E-state index contributed by atoms with van der Waals surface area (Å²) < 4.78 is 4.99. The maximum absolute atomic E-state index is 10.4. The number of aldehydes is 1. The molecule has 0 aliphatic heterocycles. The molecule has 3 heteroatoms. The van der Waals surface area contributed by atoms with Crippen molar-refractivity contribution >= 4 is 6.29 Å². The lowest BCUT2D eigenvalue weighted by Gasteiger charge is -2.06. The molecule has 0 atom stereocenters. The lowest BCUT2D eigenvalue weighted by molar-refractivity contribution is -0.107. The lowest BCUT2D eigenvalue weighted by atomic mass is 10.0. The summed E-state index contributed by atoms with van der Waals surface area (Å²) in [6, 6.07) is 15.7. The quantitative estimate of drug-likeness (QED) is 0.638. The number of ether oxygens (including phenoxy) is 1. The fraction of sp³-hybridized carbons (Fsp3) is 0.188. The molecule has 0 aliphatic carbocycles. The number of aliphatic hydroxyl groups excluding tert-OH is 1. The molecular weight excluding hydrogens is 240 g/mol. The molecule has 1 N–H and O–H groups in total. The van der Waals surface area contributed by atoms with Crippen molar-refractivity contribution in [1.29, 1.82) is 0 Å². The van der Waals surface area contributed by atoms with Crippen LogP contribution in [0.5, 0.6) is 5.75 Å². The number of hydrogen-bond donors (Lipinski definition) is 1. The average molecular weight is 256 g/mol. The monoisotopic (exact) mass is 256 g/mol. The highest BCUT2D eigenvalue weighted by atomic mass is 16.6. The first-order valence-corrected chi connectivity index (χ1v) is 6.20. The zero-order valence-electron chi connectivity index (χ0n) is 10.6. The van der Waals surface area contributed by atoms with Crippen LogP contribution in [0.2, 0.25) is 0 Å². The molecule has 0 saturated carbocycles.